The van der Waals surface area contributed by atoms with Crippen molar-refractivity contribution in [3.8, 4) is 11.1 Å². The zero-order valence-corrected chi connectivity index (χ0v) is 43.1. The SMILES string of the molecule is CC(C)(C)c1ccc(N2c3cc4c(cc3B3c5oc6ccc(C(C)(C)C)cc6c5N(c5cccc(-c6ccccc6)c5)c5cc(N(c6ccccc6)c6ccccc6)cc2c53)C(C)(C)CCC4(C)C)cc1. The van der Waals surface area contributed by atoms with E-state index in [0.29, 0.717) is 0 Å². The third-order valence-corrected chi connectivity index (χ3v) is 16.0. The van der Waals surface area contributed by atoms with Crippen molar-refractivity contribution in [2.75, 3.05) is 14.7 Å². The van der Waals surface area contributed by atoms with Crippen LogP contribution in [0.15, 0.2) is 186 Å². The van der Waals surface area contributed by atoms with Crippen molar-refractivity contribution in [3.05, 3.63) is 204 Å². The van der Waals surface area contributed by atoms with Gasteiger partial charge in [-0.2, -0.15) is 0 Å². The lowest BCUT2D eigenvalue weighted by molar-refractivity contribution is 0.332. The molecule has 2 aliphatic heterocycles. The number of hydrogen-bond donors (Lipinski definition) is 0. The molecule has 9 aromatic rings. The van der Waals surface area contributed by atoms with Crippen molar-refractivity contribution in [2.45, 2.75) is 104 Å². The van der Waals surface area contributed by atoms with Gasteiger partial charge in [0.15, 0.2) is 0 Å². The molecule has 0 saturated heterocycles. The summed E-state index contributed by atoms with van der Waals surface area (Å²) in [5, 5.41) is 1.12. The molecule has 0 fully saturated rings. The zero-order valence-electron chi connectivity index (χ0n) is 43.1. The molecule has 4 nitrogen and oxygen atoms in total. The smallest absolute Gasteiger partial charge is 0.297 e. The van der Waals surface area contributed by atoms with E-state index in [0.717, 1.165) is 80.5 Å². The van der Waals surface area contributed by atoms with Crippen LogP contribution in [0.5, 0.6) is 0 Å². The van der Waals surface area contributed by atoms with Gasteiger partial charge in [0.05, 0.1) is 17.0 Å². The second kappa shape index (κ2) is 16.1. The van der Waals surface area contributed by atoms with E-state index >= 15 is 0 Å². The summed E-state index contributed by atoms with van der Waals surface area (Å²) >= 11 is 0. The van der Waals surface area contributed by atoms with Gasteiger partial charge in [0, 0.05) is 45.2 Å². The monoisotopic (exact) mass is 926 g/mol. The Bertz CT molecular complexity index is 3460. The Morgan fingerprint density at radius 3 is 1.63 bits per heavy atom. The maximum absolute atomic E-state index is 7.51. The average molecular weight is 926 g/mol. The minimum Gasteiger partial charge on any atom is -0.468 e. The van der Waals surface area contributed by atoms with Crippen LogP contribution in [0.4, 0.5) is 51.2 Å². The van der Waals surface area contributed by atoms with Crippen molar-refractivity contribution in [1.29, 1.82) is 0 Å². The van der Waals surface area contributed by atoms with Gasteiger partial charge in [-0.05, 0) is 158 Å². The van der Waals surface area contributed by atoms with E-state index < -0.39 is 0 Å². The molecule has 352 valence electrons. The molecule has 71 heavy (non-hydrogen) atoms. The van der Waals surface area contributed by atoms with Crippen LogP contribution < -0.4 is 31.3 Å². The fourth-order valence-electron chi connectivity index (χ4n) is 11.8. The Balaban J connectivity index is 1.25. The second-order valence-electron chi connectivity index (χ2n) is 23.7. The molecule has 8 aromatic carbocycles. The van der Waals surface area contributed by atoms with Crippen LogP contribution in [-0.2, 0) is 21.7 Å². The maximum atomic E-state index is 7.51. The lowest BCUT2D eigenvalue weighted by atomic mass is 9.35. The molecule has 0 spiro atoms. The van der Waals surface area contributed by atoms with Crippen LogP contribution in [0, 0.1) is 0 Å². The van der Waals surface area contributed by atoms with E-state index in [4.69, 9.17) is 4.42 Å². The molecule has 0 radical (unpaired) electrons. The zero-order chi connectivity index (χ0) is 49.2. The first kappa shape index (κ1) is 44.9. The molecule has 1 aliphatic carbocycles. The Kier molecular flexibility index (Phi) is 10.2. The number of fused-ring (bicyclic) bond motifs is 7. The molecule has 0 saturated carbocycles. The molecule has 0 atom stereocenters. The largest absolute Gasteiger partial charge is 0.468 e. The highest BCUT2D eigenvalue weighted by atomic mass is 16.3. The summed E-state index contributed by atoms with van der Waals surface area (Å²) in [5.74, 6) is 0. The highest BCUT2D eigenvalue weighted by molar-refractivity contribution is 7.00. The summed E-state index contributed by atoms with van der Waals surface area (Å²) in [6, 6.07) is 68.0. The molecular weight excluding hydrogens is 862 g/mol. The molecule has 12 rings (SSSR count). The van der Waals surface area contributed by atoms with Gasteiger partial charge in [0.25, 0.3) is 6.71 Å². The number of rotatable bonds is 6. The molecule has 0 bridgehead atoms. The summed E-state index contributed by atoms with van der Waals surface area (Å²) < 4.78 is 7.51. The quantitative estimate of drug-likeness (QED) is 0.155. The molecular formula is C66H64BN3O. The standard InChI is InChI=1S/C66H64BN3O/c1-63(2,3)45-29-32-49(33-30-45)69-56-42-54-53(65(7,8)35-36-66(54,9)10)41-55(56)67-60-57(69)39-51(68(47-24-16-12-17-25-47)48-26-18-13-19-27-48)40-58(60)70(50-28-20-23-44(37-50)43-21-14-11-15-22-43)61-52-38-46(64(4,5)6)31-34-59(52)71-62(61)67/h11-34,37-42H,35-36H2,1-10H3. The van der Waals surface area contributed by atoms with Crippen LogP contribution in [0.1, 0.15) is 104 Å². The van der Waals surface area contributed by atoms with Crippen LogP contribution in [0.3, 0.4) is 0 Å². The number of benzene rings is 8. The fraction of sp³-hybridized carbons (Fsp3) is 0.242. The van der Waals surface area contributed by atoms with Gasteiger partial charge in [-0.1, -0.05) is 172 Å². The third-order valence-electron chi connectivity index (χ3n) is 16.0. The summed E-state index contributed by atoms with van der Waals surface area (Å²) in [4.78, 5) is 7.57. The van der Waals surface area contributed by atoms with Gasteiger partial charge in [-0.15, -0.1) is 0 Å². The van der Waals surface area contributed by atoms with Crippen LogP contribution in [0.2, 0.25) is 0 Å². The van der Waals surface area contributed by atoms with Crippen LogP contribution in [0.25, 0.3) is 22.1 Å². The number of para-hydroxylation sites is 2. The van der Waals surface area contributed by atoms with Crippen molar-refractivity contribution in [2.24, 2.45) is 0 Å². The molecule has 3 heterocycles. The Morgan fingerprint density at radius 2 is 1.03 bits per heavy atom. The second-order valence-corrected chi connectivity index (χ2v) is 23.7. The van der Waals surface area contributed by atoms with Crippen molar-refractivity contribution >= 4 is 85.5 Å². The van der Waals surface area contributed by atoms with E-state index in [9.17, 15) is 0 Å². The molecule has 1 aromatic heterocycles. The molecule has 0 N–H and O–H groups in total. The molecule has 3 aliphatic rings. The van der Waals surface area contributed by atoms with Crippen LogP contribution >= 0.6 is 0 Å². The van der Waals surface area contributed by atoms with Gasteiger partial charge in [-0.25, -0.2) is 0 Å². The van der Waals surface area contributed by atoms with Gasteiger partial charge in [-0.3, -0.25) is 0 Å². The summed E-state index contributed by atoms with van der Waals surface area (Å²) in [6.07, 6.45) is 2.26. The third kappa shape index (κ3) is 7.42. The van der Waals surface area contributed by atoms with Crippen molar-refractivity contribution in [1.82, 2.24) is 0 Å². The Labute approximate surface area is 421 Å². The molecule has 0 amide bonds. The first-order chi connectivity index (χ1) is 34.0. The maximum Gasteiger partial charge on any atom is 0.297 e. The number of anilines is 9. The first-order valence-corrected chi connectivity index (χ1v) is 25.7. The summed E-state index contributed by atoms with van der Waals surface area (Å²) in [7, 11) is 0. The predicted octanol–water partition coefficient (Wildman–Crippen LogP) is 16.6. The molecule has 0 unspecified atom stereocenters. The highest BCUT2D eigenvalue weighted by Crippen LogP contribution is 2.53. The lowest BCUT2D eigenvalue weighted by Crippen LogP contribution is -2.61. The summed E-state index contributed by atoms with van der Waals surface area (Å²) in [6.45, 7) is 23.4. The van der Waals surface area contributed by atoms with E-state index in [2.05, 4.69) is 266 Å². The highest BCUT2D eigenvalue weighted by Gasteiger charge is 2.49. The first-order valence-electron chi connectivity index (χ1n) is 25.7. The lowest BCUT2D eigenvalue weighted by Gasteiger charge is -2.47. The topological polar surface area (TPSA) is 22.9 Å². The number of hydrogen-bond acceptors (Lipinski definition) is 4. The van der Waals surface area contributed by atoms with E-state index in [-0.39, 0.29) is 28.4 Å². The number of furan rings is 1. The van der Waals surface area contributed by atoms with Gasteiger partial charge >= 0.3 is 0 Å². The van der Waals surface area contributed by atoms with Crippen molar-refractivity contribution in [3.63, 3.8) is 0 Å². The summed E-state index contributed by atoms with van der Waals surface area (Å²) in [5.41, 5.74) is 22.2. The van der Waals surface area contributed by atoms with Crippen LogP contribution in [-0.4, -0.2) is 6.71 Å². The normalized spacial score (nSPS) is 15.5. The van der Waals surface area contributed by atoms with E-state index in [1.165, 1.54) is 44.4 Å². The predicted molar refractivity (Wildman–Crippen MR) is 303 cm³/mol. The van der Waals surface area contributed by atoms with Gasteiger partial charge in [0.2, 0.25) is 0 Å². The minimum absolute atomic E-state index is 0.00238. The Morgan fingerprint density at radius 1 is 0.479 bits per heavy atom. The van der Waals surface area contributed by atoms with Crippen molar-refractivity contribution < 1.29 is 4.42 Å². The minimum atomic E-state index is -0.198. The number of nitrogens with zero attached hydrogens (tertiary/aromatic N) is 3. The van der Waals surface area contributed by atoms with E-state index in [1.807, 2.05) is 0 Å². The molecule has 5 heteroatoms. The Hall–Kier alpha value is -7.24. The van der Waals surface area contributed by atoms with Gasteiger partial charge in [0.1, 0.15) is 5.58 Å². The average Bonchev–Trinajstić information content (AvgIpc) is 3.74. The fourth-order valence-corrected chi connectivity index (χ4v) is 11.8. The van der Waals surface area contributed by atoms with E-state index in [1.54, 1.807) is 0 Å². The van der Waals surface area contributed by atoms with Gasteiger partial charge < -0.3 is 19.1 Å².